The van der Waals surface area contributed by atoms with Crippen LogP contribution in [-0.4, -0.2) is 15.3 Å². The van der Waals surface area contributed by atoms with Crippen molar-refractivity contribution in [2.75, 3.05) is 0 Å². The lowest BCUT2D eigenvalue weighted by atomic mass is 9.83. The van der Waals surface area contributed by atoms with E-state index in [1.54, 1.807) is 23.3 Å². The van der Waals surface area contributed by atoms with Gasteiger partial charge in [0.25, 0.3) is 0 Å². The van der Waals surface area contributed by atoms with Gasteiger partial charge >= 0.3 is 0 Å². The predicted molar refractivity (Wildman–Crippen MR) is 83.8 cm³/mol. The van der Waals surface area contributed by atoms with Crippen LogP contribution in [0.15, 0.2) is 36.9 Å². The van der Waals surface area contributed by atoms with Crippen LogP contribution in [0.1, 0.15) is 53.9 Å². The Kier molecular flexibility index (Phi) is 4.39. The predicted octanol–water partition coefficient (Wildman–Crippen LogP) is 4.47. The van der Waals surface area contributed by atoms with Gasteiger partial charge in [0.2, 0.25) is 0 Å². The molecule has 0 amide bonds. The minimum absolute atomic E-state index is 0.0988. The number of carbonyl (C=O) groups excluding carboxylic acids is 1. The van der Waals surface area contributed by atoms with E-state index in [-0.39, 0.29) is 5.78 Å². The molecule has 0 radical (unpaired) electrons. The SMILES string of the molecule is O=C(Cn1ccnc1)c1ccc(Cl)c(C2CCCCC2)c1. The lowest BCUT2D eigenvalue weighted by molar-refractivity contribution is 0.0972. The third-order valence-corrected chi connectivity index (χ3v) is 4.59. The third kappa shape index (κ3) is 3.35. The maximum atomic E-state index is 12.4. The summed E-state index contributed by atoms with van der Waals surface area (Å²) < 4.78 is 1.79. The van der Waals surface area contributed by atoms with Crippen LogP contribution in [0.25, 0.3) is 0 Å². The van der Waals surface area contributed by atoms with E-state index in [2.05, 4.69) is 4.98 Å². The minimum Gasteiger partial charge on any atom is -0.330 e. The summed E-state index contributed by atoms with van der Waals surface area (Å²) in [6.45, 7) is 0.325. The Morgan fingerprint density at radius 3 is 2.81 bits per heavy atom. The van der Waals surface area contributed by atoms with E-state index < -0.39 is 0 Å². The van der Waals surface area contributed by atoms with Crippen LogP contribution >= 0.6 is 11.6 Å². The van der Waals surface area contributed by atoms with Gasteiger partial charge in [0.15, 0.2) is 5.78 Å². The average molecular weight is 303 g/mol. The molecule has 0 unspecified atom stereocenters. The number of Topliss-reactive ketones (excluding diaryl/α,β-unsaturated/α-hetero) is 1. The van der Waals surface area contributed by atoms with Crippen molar-refractivity contribution < 1.29 is 4.79 Å². The quantitative estimate of drug-likeness (QED) is 0.781. The largest absolute Gasteiger partial charge is 0.330 e. The highest BCUT2D eigenvalue weighted by Gasteiger charge is 2.19. The lowest BCUT2D eigenvalue weighted by Crippen LogP contribution is -2.11. The zero-order valence-corrected chi connectivity index (χ0v) is 12.7. The van der Waals surface area contributed by atoms with Crippen LogP contribution in [0.4, 0.5) is 0 Å². The number of aromatic nitrogens is 2. The maximum Gasteiger partial charge on any atom is 0.182 e. The molecule has 4 heteroatoms. The maximum absolute atomic E-state index is 12.4. The Morgan fingerprint density at radius 2 is 2.10 bits per heavy atom. The van der Waals surface area contributed by atoms with Gasteiger partial charge in [-0.2, -0.15) is 0 Å². The Labute approximate surface area is 130 Å². The second-order valence-corrected chi connectivity index (χ2v) is 6.14. The first kappa shape index (κ1) is 14.3. The van der Waals surface area contributed by atoms with E-state index in [9.17, 15) is 4.79 Å². The molecule has 1 aliphatic carbocycles. The molecule has 1 fully saturated rings. The average Bonchev–Trinajstić information content (AvgIpc) is 3.01. The zero-order valence-electron chi connectivity index (χ0n) is 12.0. The summed E-state index contributed by atoms with van der Waals surface area (Å²) in [6, 6.07) is 5.69. The molecule has 3 nitrogen and oxygen atoms in total. The molecule has 1 aromatic heterocycles. The van der Waals surface area contributed by atoms with E-state index in [1.807, 2.05) is 18.2 Å². The van der Waals surface area contributed by atoms with Crippen LogP contribution in [-0.2, 0) is 6.54 Å². The Balaban J connectivity index is 1.81. The van der Waals surface area contributed by atoms with Gasteiger partial charge in [0.1, 0.15) is 0 Å². The van der Waals surface area contributed by atoms with Crippen molar-refractivity contribution >= 4 is 17.4 Å². The number of benzene rings is 1. The Morgan fingerprint density at radius 1 is 1.29 bits per heavy atom. The molecule has 21 heavy (non-hydrogen) atoms. The van der Waals surface area contributed by atoms with Crippen LogP contribution in [0, 0.1) is 0 Å². The molecule has 0 aliphatic heterocycles. The van der Waals surface area contributed by atoms with Gasteiger partial charge in [0, 0.05) is 23.0 Å². The first-order valence-electron chi connectivity index (χ1n) is 7.52. The van der Waals surface area contributed by atoms with E-state index in [4.69, 9.17) is 11.6 Å². The highest BCUT2D eigenvalue weighted by atomic mass is 35.5. The van der Waals surface area contributed by atoms with E-state index in [0.717, 1.165) is 16.1 Å². The lowest BCUT2D eigenvalue weighted by Gasteiger charge is -2.23. The second kappa shape index (κ2) is 6.44. The van der Waals surface area contributed by atoms with Gasteiger partial charge < -0.3 is 4.57 Å². The van der Waals surface area contributed by atoms with Crippen LogP contribution in [0.5, 0.6) is 0 Å². The number of ketones is 1. The molecule has 0 N–H and O–H groups in total. The van der Waals surface area contributed by atoms with Crippen LogP contribution < -0.4 is 0 Å². The van der Waals surface area contributed by atoms with Crippen molar-refractivity contribution in [3.63, 3.8) is 0 Å². The number of rotatable bonds is 4. The minimum atomic E-state index is 0.0988. The second-order valence-electron chi connectivity index (χ2n) is 5.73. The molecule has 1 aromatic carbocycles. The fraction of sp³-hybridized carbons (Fsp3) is 0.412. The van der Waals surface area contributed by atoms with E-state index >= 15 is 0 Å². The number of hydrogen-bond acceptors (Lipinski definition) is 2. The van der Waals surface area contributed by atoms with Gasteiger partial charge in [-0.25, -0.2) is 4.98 Å². The molecule has 1 saturated carbocycles. The van der Waals surface area contributed by atoms with Crippen molar-refractivity contribution in [1.29, 1.82) is 0 Å². The van der Waals surface area contributed by atoms with Crippen LogP contribution in [0.2, 0.25) is 5.02 Å². The molecule has 0 saturated heterocycles. The summed E-state index contributed by atoms with van der Waals surface area (Å²) in [6.07, 6.45) is 11.3. The fourth-order valence-corrected chi connectivity index (χ4v) is 3.35. The van der Waals surface area contributed by atoms with Gasteiger partial charge in [-0.1, -0.05) is 30.9 Å². The van der Waals surface area contributed by atoms with Gasteiger partial charge in [-0.05, 0) is 42.5 Å². The number of halogens is 1. The molecule has 110 valence electrons. The first-order valence-corrected chi connectivity index (χ1v) is 7.90. The van der Waals surface area contributed by atoms with Crippen LogP contribution in [0.3, 0.4) is 0 Å². The molecule has 0 spiro atoms. The summed E-state index contributed by atoms with van der Waals surface area (Å²) in [7, 11) is 0. The van der Waals surface area contributed by atoms with Gasteiger partial charge in [0.05, 0.1) is 12.9 Å². The van der Waals surface area contributed by atoms with Crippen molar-refractivity contribution in [3.8, 4) is 0 Å². The normalized spacial score (nSPS) is 16.0. The van der Waals surface area contributed by atoms with Crippen molar-refractivity contribution in [3.05, 3.63) is 53.1 Å². The highest BCUT2D eigenvalue weighted by molar-refractivity contribution is 6.31. The monoisotopic (exact) mass is 302 g/mol. The zero-order chi connectivity index (χ0) is 14.7. The molecular formula is C17H19ClN2O. The molecule has 3 rings (SSSR count). The molecule has 1 heterocycles. The van der Waals surface area contributed by atoms with Crippen molar-refractivity contribution in [2.45, 2.75) is 44.6 Å². The van der Waals surface area contributed by atoms with Crippen molar-refractivity contribution in [1.82, 2.24) is 9.55 Å². The molecule has 1 aliphatic rings. The topological polar surface area (TPSA) is 34.9 Å². The standard InChI is InChI=1S/C17H19ClN2O/c18-16-7-6-14(17(21)11-20-9-8-19-12-20)10-15(16)13-4-2-1-3-5-13/h6-10,12-13H,1-5,11H2. The first-order chi connectivity index (χ1) is 10.2. The molecule has 2 aromatic rings. The summed E-state index contributed by atoms with van der Waals surface area (Å²) in [5.74, 6) is 0.606. The third-order valence-electron chi connectivity index (χ3n) is 4.25. The smallest absolute Gasteiger partial charge is 0.182 e. The number of nitrogens with zero attached hydrogens (tertiary/aromatic N) is 2. The Bertz CT molecular complexity index is 616. The fourth-order valence-electron chi connectivity index (χ4n) is 3.08. The Hall–Kier alpha value is -1.61. The summed E-state index contributed by atoms with van der Waals surface area (Å²) in [5, 5.41) is 0.793. The number of carbonyl (C=O) groups is 1. The molecular weight excluding hydrogens is 284 g/mol. The number of imidazole rings is 1. The molecule has 0 atom stereocenters. The highest BCUT2D eigenvalue weighted by Crippen LogP contribution is 2.36. The number of hydrogen-bond donors (Lipinski definition) is 0. The van der Waals surface area contributed by atoms with Gasteiger partial charge in [-0.15, -0.1) is 0 Å². The summed E-state index contributed by atoms with van der Waals surface area (Å²) >= 11 is 6.35. The molecule has 0 bridgehead atoms. The summed E-state index contributed by atoms with van der Waals surface area (Å²) in [5.41, 5.74) is 1.89. The van der Waals surface area contributed by atoms with Crippen molar-refractivity contribution in [2.24, 2.45) is 0 Å². The van der Waals surface area contributed by atoms with E-state index in [1.165, 1.54) is 32.1 Å². The van der Waals surface area contributed by atoms with Gasteiger partial charge in [-0.3, -0.25) is 4.79 Å². The van der Waals surface area contributed by atoms with E-state index in [0.29, 0.717) is 12.5 Å². The summed E-state index contributed by atoms with van der Waals surface area (Å²) in [4.78, 5) is 16.3.